The van der Waals surface area contributed by atoms with Crippen LogP contribution in [-0.4, -0.2) is 16.3 Å². The Balaban J connectivity index is 2.49. The Kier molecular flexibility index (Phi) is 4.04. The van der Waals surface area contributed by atoms with Crippen LogP contribution in [0.15, 0.2) is 42.6 Å². The number of rotatable bonds is 3. The molecule has 0 aliphatic rings. The lowest BCUT2D eigenvalue weighted by atomic mass is 10.1. The number of nitrogens with zero attached hydrogens (tertiary/aromatic N) is 2. The fourth-order valence-electron chi connectivity index (χ4n) is 1.94. The Labute approximate surface area is 119 Å². The van der Waals surface area contributed by atoms with Crippen LogP contribution in [0.3, 0.4) is 0 Å². The number of aliphatic hydroxyl groups is 1. The van der Waals surface area contributed by atoms with E-state index in [0.29, 0.717) is 5.69 Å². The van der Waals surface area contributed by atoms with Gasteiger partial charge in [-0.25, -0.2) is 4.98 Å². The zero-order chi connectivity index (χ0) is 15.6. The van der Waals surface area contributed by atoms with Crippen LogP contribution in [0.2, 0.25) is 0 Å². The van der Waals surface area contributed by atoms with E-state index in [0.717, 1.165) is 12.1 Å². The van der Waals surface area contributed by atoms with Crippen LogP contribution in [0.4, 0.5) is 30.4 Å². The summed E-state index contributed by atoms with van der Waals surface area (Å²) >= 11 is 0. The SMILES string of the molecule is CC(O)N(c1cccc(C(F)(F)F)c1)c1cc(N)ccn1. The topological polar surface area (TPSA) is 62.4 Å². The molecule has 2 aromatic rings. The number of halogens is 3. The maximum atomic E-state index is 12.8. The fourth-order valence-corrected chi connectivity index (χ4v) is 1.94. The molecule has 21 heavy (non-hydrogen) atoms. The maximum absolute atomic E-state index is 12.8. The first-order chi connectivity index (χ1) is 9.79. The quantitative estimate of drug-likeness (QED) is 0.854. The highest BCUT2D eigenvalue weighted by Crippen LogP contribution is 2.34. The molecule has 2 rings (SSSR count). The van der Waals surface area contributed by atoms with Crippen molar-refractivity contribution in [3.63, 3.8) is 0 Å². The largest absolute Gasteiger partial charge is 0.416 e. The number of alkyl halides is 3. The molecular formula is C14H14F3N3O. The molecule has 1 aromatic carbocycles. The highest BCUT2D eigenvalue weighted by molar-refractivity contribution is 5.64. The van der Waals surface area contributed by atoms with Gasteiger partial charge in [-0.15, -0.1) is 0 Å². The number of aromatic nitrogens is 1. The summed E-state index contributed by atoms with van der Waals surface area (Å²) in [4.78, 5) is 5.30. The molecule has 0 aliphatic carbocycles. The van der Waals surface area contributed by atoms with Crippen molar-refractivity contribution in [2.45, 2.75) is 19.3 Å². The summed E-state index contributed by atoms with van der Waals surface area (Å²) < 4.78 is 38.3. The minimum absolute atomic E-state index is 0.179. The predicted molar refractivity (Wildman–Crippen MR) is 73.9 cm³/mol. The zero-order valence-electron chi connectivity index (χ0n) is 11.2. The Morgan fingerprint density at radius 2 is 1.95 bits per heavy atom. The molecule has 0 bridgehead atoms. The highest BCUT2D eigenvalue weighted by Gasteiger charge is 2.31. The monoisotopic (exact) mass is 297 g/mol. The molecule has 0 saturated heterocycles. The van der Waals surface area contributed by atoms with Crippen molar-refractivity contribution in [2.75, 3.05) is 10.6 Å². The predicted octanol–water partition coefficient (Wildman–Crippen LogP) is 3.16. The molecule has 0 aliphatic heterocycles. The van der Waals surface area contributed by atoms with Gasteiger partial charge in [0.05, 0.1) is 5.56 Å². The van der Waals surface area contributed by atoms with Gasteiger partial charge in [0.1, 0.15) is 12.0 Å². The molecule has 1 aromatic heterocycles. The lowest BCUT2D eigenvalue weighted by molar-refractivity contribution is -0.137. The average Bonchev–Trinajstić information content (AvgIpc) is 2.38. The summed E-state index contributed by atoms with van der Waals surface area (Å²) in [5, 5.41) is 9.87. The lowest BCUT2D eigenvalue weighted by Gasteiger charge is -2.27. The van der Waals surface area contributed by atoms with E-state index in [1.54, 1.807) is 6.07 Å². The van der Waals surface area contributed by atoms with Gasteiger partial charge in [0, 0.05) is 23.6 Å². The molecule has 7 heteroatoms. The third kappa shape index (κ3) is 3.43. The summed E-state index contributed by atoms with van der Waals surface area (Å²) in [7, 11) is 0. The van der Waals surface area contributed by atoms with Crippen LogP contribution >= 0.6 is 0 Å². The fraction of sp³-hybridized carbons (Fsp3) is 0.214. The van der Waals surface area contributed by atoms with Gasteiger partial charge in [-0.05, 0) is 31.2 Å². The highest BCUT2D eigenvalue weighted by atomic mass is 19.4. The standard InChI is InChI=1S/C14H14F3N3O/c1-9(21)20(13-8-11(18)5-6-19-13)12-4-2-3-10(7-12)14(15,16)17/h2-9,21H,1H3,(H2,18,19). The smallest absolute Gasteiger partial charge is 0.399 e. The summed E-state index contributed by atoms with van der Waals surface area (Å²) in [5.41, 5.74) is 5.43. The Morgan fingerprint density at radius 1 is 1.24 bits per heavy atom. The van der Waals surface area contributed by atoms with Crippen molar-refractivity contribution in [1.29, 1.82) is 0 Å². The van der Waals surface area contributed by atoms with Gasteiger partial charge in [0.25, 0.3) is 0 Å². The minimum atomic E-state index is -4.45. The van der Waals surface area contributed by atoms with Gasteiger partial charge >= 0.3 is 6.18 Å². The van der Waals surface area contributed by atoms with Gasteiger partial charge < -0.3 is 15.7 Å². The van der Waals surface area contributed by atoms with E-state index >= 15 is 0 Å². The van der Waals surface area contributed by atoms with Crippen LogP contribution < -0.4 is 10.6 Å². The second-order valence-electron chi connectivity index (χ2n) is 4.50. The summed E-state index contributed by atoms with van der Waals surface area (Å²) in [6.07, 6.45) is -4.10. The number of nitrogens with two attached hydrogens (primary N) is 1. The molecule has 3 N–H and O–H groups in total. The van der Waals surface area contributed by atoms with Crippen LogP contribution in [0.5, 0.6) is 0 Å². The lowest BCUT2D eigenvalue weighted by Crippen LogP contribution is -2.29. The summed E-state index contributed by atoms with van der Waals surface area (Å²) in [6.45, 7) is 1.44. The van der Waals surface area contributed by atoms with Gasteiger partial charge in [0.2, 0.25) is 0 Å². The second kappa shape index (κ2) is 5.61. The van der Waals surface area contributed by atoms with Crippen molar-refractivity contribution in [3.05, 3.63) is 48.2 Å². The molecular weight excluding hydrogens is 283 g/mol. The summed E-state index contributed by atoms with van der Waals surface area (Å²) in [6, 6.07) is 7.70. The van der Waals surface area contributed by atoms with Gasteiger partial charge in [0.15, 0.2) is 0 Å². The maximum Gasteiger partial charge on any atom is 0.416 e. The third-order valence-corrected chi connectivity index (χ3v) is 2.84. The molecule has 1 heterocycles. The first-order valence-corrected chi connectivity index (χ1v) is 6.15. The van der Waals surface area contributed by atoms with E-state index in [2.05, 4.69) is 4.98 Å². The number of aliphatic hydroxyl groups excluding tert-OH is 1. The first-order valence-electron chi connectivity index (χ1n) is 6.15. The Morgan fingerprint density at radius 3 is 2.52 bits per heavy atom. The molecule has 4 nitrogen and oxygen atoms in total. The van der Waals surface area contributed by atoms with Crippen molar-refractivity contribution >= 4 is 17.2 Å². The number of benzene rings is 1. The van der Waals surface area contributed by atoms with Crippen molar-refractivity contribution in [2.24, 2.45) is 0 Å². The van der Waals surface area contributed by atoms with Gasteiger partial charge in [-0.2, -0.15) is 13.2 Å². The van der Waals surface area contributed by atoms with E-state index in [1.807, 2.05) is 0 Å². The number of anilines is 3. The molecule has 0 saturated carbocycles. The molecule has 0 amide bonds. The molecule has 1 unspecified atom stereocenters. The molecule has 0 spiro atoms. The van der Waals surface area contributed by atoms with Crippen molar-refractivity contribution < 1.29 is 18.3 Å². The van der Waals surface area contributed by atoms with Crippen LogP contribution in [0.1, 0.15) is 12.5 Å². The van der Waals surface area contributed by atoms with Crippen molar-refractivity contribution in [3.8, 4) is 0 Å². The zero-order valence-corrected chi connectivity index (χ0v) is 11.2. The second-order valence-corrected chi connectivity index (χ2v) is 4.50. The summed E-state index contributed by atoms with van der Waals surface area (Å²) in [5.74, 6) is 0.268. The van der Waals surface area contributed by atoms with Crippen LogP contribution in [0.25, 0.3) is 0 Å². The molecule has 112 valence electrons. The number of hydrogen-bond donors (Lipinski definition) is 2. The van der Waals surface area contributed by atoms with Gasteiger partial charge in [-0.1, -0.05) is 6.07 Å². The Bertz CT molecular complexity index is 629. The number of nitrogen functional groups attached to an aromatic ring is 1. The molecule has 0 fully saturated rings. The van der Waals surface area contributed by atoms with E-state index < -0.39 is 18.0 Å². The Hall–Kier alpha value is -2.28. The van der Waals surface area contributed by atoms with Crippen molar-refractivity contribution in [1.82, 2.24) is 4.98 Å². The molecule has 1 atom stereocenters. The van der Waals surface area contributed by atoms with E-state index in [4.69, 9.17) is 5.73 Å². The number of hydrogen-bond acceptors (Lipinski definition) is 4. The minimum Gasteiger partial charge on any atom is -0.399 e. The van der Waals surface area contributed by atoms with E-state index in [1.165, 1.54) is 36.2 Å². The molecule has 0 radical (unpaired) electrons. The average molecular weight is 297 g/mol. The van der Waals surface area contributed by atoms with Crippen LogP contribution in [0, 0.1) is 0 Å². The first kappa shape index (κ1) is 15.1. The number of pyridine rings is 1. The van der Waals surface area contributed by atoms with E-state index in [-0.39, 0.29) is 11.5 Å². The van der Waals surface area contributed by atoms with Gasteiger partial charge in [-0.3, -0.25) is 0 Å². The normalized spacial score (nSPS) is 13.0. The third-order valence-electron chi connectivity index (χ3n) is 2.84. The van der Waals surface area contributed by atoms with Crippen LogP contribution in [-0.2, 0) is 6.18 Å². The van der Waals surface area contributed by atoms with E-state index in [9.17, 15) is 18.3 Å².